The second kappa shape index (κ2) is 12.2. The van der Waals surface area contributed by atoms with Crippen LogP contribution in [-0.4, -0.2) is 44.8 Å². The number of urea groups is 1. The Morgan fingerprint density at radius 1 is 0.943 bits per heavy atom. The lowest BCUT2D eigenvalue weighted by Crippen LogP contribution is -2.33. The molecule has 0 atom stereocenters. The molecule has 35 heavy (non-hydrogen) atoms. The molecule has 1 aliphatic rings. The van der Waals surface area contributed by atoms with Gasteiger partial charge in [-0.2, -0.15) is 0 Å². The highest BCUT2D eigenvalue weighted by Crippen LogP contribution is 2.28. The summed E-state index contributed by atoms with van der Waals surface area (Å²) >= 11 is 0. The molecule has 7 nitrogen and oxygen atoms in total. The molecule has 1 fully saturated rings. The third-order valence-corrected chi connectivity index (χ3v) is 6.19. The molecule has 4 rings (SSSR count). The lowest BCUT2D eigenvalue weighted by atomic mass is 10.1. The highest BCUT2D eigenvalue weighted by molar-refractivity contribution is 6.07. The van der Waals surface area contributed by atoms with Gasteiger partial charge in [0.15, 0.2) is 0 Å². The van der Waals surface area contributed by atoms with Crippen LogP contribution in [0.2, 0.25) is 0 Å². The summed E-state index contributed by atoms with van der Waals surface area (Å²) in [6.45, 7) is 5.64. The minimum atomic E-state index is -0.352. The van der Waals surface area contributed by atoms with Crippen molar-refractivity contribution in [3.05, 3.63) is 66.2 Å². The number of nitrogens with zero attached hydrogens (tertiary/aromatic N) is 1. The van der Waals surface area contributed by atoms with Gasteiger partial charge in [-0.3, -0.25) is 4.79 Å². The molecule has 0 unspecified atom stereocenters. The number of carbonyl (C=O) groups is 2. The molecule has 0 bridgehead atoms. The van der Waals surface area contributed by atoms with Crippen LogP contribution in [0.5, 0.6) is 0 Å². The second-order valence-corrected chi connectivity index (χ2v) is 8.69. The molecule has 1 heterocycles. The number of hydrogen-bond donors (Lipinski definition) is 3. The average Bonchev–Trinajstić information content (AvgIpc) is 2.89. The van der Waals surface area contributed by atoms with Gasteiger partial charge in [-0.1, -0.05) is 36.4 Å². The molecule has 1 aliphatic heterocycles. The summed E-state index contributed by atoms with van der Waals surface area (Å²) in [4.78, 5) is 28.2. The number of benzene rings is 3. The van der Waals surface area contributed by atoms with Crippen LogP contribution in [0, 0.1) is 0 Å². The van der Waals surface area contributed by atoms with Gasteiger partial charge < -0.3 is 25.6 Å². The van der Waals surface area contributed by atoms with Crippen molar-refractivity contribution in [3.8, 4) is 0 Å². The Bertz CT molecular complexity index is 1150. The van der Waals surface area contributed by atoms with Crippen LogP contribution in [-0.2, 0) is 4.74 Å². The van der Waals surface area contributed by atoms with Gasteiger partial charge in [-0.25, -0.2) is 4.79 Å². The van der Waals surface area contributed by atoms with Gasteiger partial charge >= 0.3 is 6.03 Å². The quantitative estimate of drug-likeness (QED) is 0.351. The summed E-state index contributed by atoms with van der Waals surface area (Å²) < 4.78 is 5.36. The molecule has 0 radical (unpaired) electrons. The maximum absolute atomic E-state index is 13.1. The molecule has 0 spiro atoms. The summed E-state index contributed by atoms with van der Waals surface area (Å²) in [5.41, 5.74) is 2.79. The third-order valence-electron chi connectivity index (χ3n) is 6.19. The van der Waals surface area contributed by atoms with Crippen molar-refractivity contribution >= 4 is 39.8 Å². The van der Waals surface area contributed by atoms with E-state index >= 15 is 0 Å². The Hall–Kier alpha value is -3.58. The standard InChI is InChI=1S/C28H34N4O3/c1-2-35-19-9-16-29-27(33)24-20-22(14-15-26(24)32-17-6-3-7-18-32)30-28(34)31-25-13-8-11-21-10-4-5-12-23(21)25/h4-5,8,10-15,20H,2-3,6-7,9,16-19H2,1H3,(H,29,33)(H2,30,31,34). The first-order chi connectivity index (χ1) is 17.2. The number of hydrogen-bond acceptors (Lipinski definition) is 4. The molecule has 0 aromatic heterocycles. The second-order valence-electron chi connectivity index (χ2n) is 8.69. The zero-order valence-corrected chi connectivity index (χ0v) is 20.3. The van der Waals surface area contributed by atoms with Crippen molar-refractivity contribution in [2.45, 2.75) is 32.6 Å². The van der Waals surface area contributed by atoms with Crippen LogP contribution in [0.25, 0.3) is 10.8 Å². The maximum Gasteiger partial charge on any atom is 0.323 e. The first-order valence-corrected chi connectivity index (χ1v) is 12.5. The van der Waals surface area contributed by atoms with E-state index in [1.807, 2.05) is 61.5 Å². The van der Waals surface area contributed by atoms with Gasteiger partial charge in [0.25, 0.3) is 5.91 Å². The van der Waals surface area contributed by atoms with Gasteiger partial charge in [0.05, 0.1) is 11.3 Å². The smallest absolute Gasteiger partial charge is 0.323 e. The van der Waals surface area contributed by atoms with E-state index in [9.17, 15) is 9.59 Å². The summed E-state index contributed by atoms with van der Waals surface area (Å²) in [7, 11) is 0. The molecule has 3 aromatic rings. The summed E-state index contributed by atoms with van der Waals surface area (Å²) in [5, 5.41) is 10.9. The maximum atomic E-state index is 13.1. The van der Waals surface area contributed by atoms with Gasteiger partial charge in [0.2, 0.25) is 0 Å². The fraction of sp³-hybridized carbons (Fsp3) is 0.357. The Balaban J connectivity index is 1.49. The monoisotopic (exact) mass is 474 g/mol. The Kier molecular flexibility index (Phi) is 8.57. The number of anilines is 3. The van der Waals surface area contributed by atoms with E-state index in [1.165, 1.54) is 6.42 Å². The summed E-state index contributed by atoms with van der Waals surface area (Å²) in [6, 6.07) is 18.9. The zero-order chi connectivity index (χ0) is 24.5. The van der Waals surface area contributed by atoms with Crippen molar-refractivity contribution in [2.24, 2.45) is 0 Å². The minimum absolute atomic E-state index is 0.139. The number of ether oxygens (including phenoxy) is 1. The van der Waals surface area contributed by atoms with Crippen LogP contribution in [0.1, 0.15) is 43.0 Å². The highest BCUT2D eigenvalue weighted by Gasteiger charge is 2.20. The summed E-state index contributed by atoms with van der Waals surface area (Å²) in [5.74, 6) is -0.139. The molecule has 0 aliphatic carbocycles. The molecular weight excluding hydrogens is 440 g/mol. The number of piperidine rings is 1. The molecule has 0 saturated carbocycles. The predicted molar refractivity (Wildman–Crippen MR) is 143 cm³/mol. The Morgan fingerprint density at radius 3 is 2.57 bits per heavy atom. The van der Waals surface area contributed by atoms with Crippen molar-refractivity contribution in [2.75, 3.05) is 48.4 Å². The molecule has 184 valence electrons. The van der Waals surface area contributed by atoms with E-state index in [0.29, 0.717) is 31.0 Å². The number of carbonyl (C=O) groups excluding carboxylic acids is 2. The van der Waals surface area contributed by atoms with Crippen LogP contribution in [0.15, 0.2) is 60.7 Å². The average molecular weight is 475 g/mol. The normalized spacial score (nSPS) is 13.5. The SMILES string of the molecule is CCOCCCNC(=O)c1cc(NC(=O)Nc2cccc3ccccc23)ccc1N1CCCCC1. The van der Waals surface area contributed by atoms with Crippen molar-refractivity contribution in [1.82, 2.24) is 5.32 Å². The molecule has 3 N–H and O–H groups in total. The van der Waals surface area contributed by atoms with E-state index in [0.717, 1.165) is 54.5 Å². The third kappa shape index (κ3) is 6.51. The number of fused-ring (bicyclic) bond motifs is 1. The highest BCUT2D eigenvalue weighted by atomic mass is 16.5. The Morgan fingerprint density at radius 2 is 1.74 bits per heavy atom. The lowest BCUT2D eigenvalue weighted by molar-refractivity contribution is 0.0944. The van der Waals surface area contributed by atoms with Gasteiger partial charge in [-0.15, -0.1) is 0 Å². The molecule has 7 heteroatoms. The summed E-state index contributed by atoms with van der Waals surface area (Å²) in [6.07, 6.45) is 4.19. The van der Waals surface area contributed by atoms with Gasteiger partial charge in [0, 0.05) is 49.6 Å². The molecule has 3 aromatic carbocycles. The fourth-order valence-electron chi connectivity index (χ4n) is 4.44. The van der Waals surface area contributed by atoms with E-state index in [2.05, 4.69) is 20.9 Å². The van der Waals surface area contributed by atoms with Gasteiger partial charge in [-0.05, 0) is 62.3 Å². The number of amides is 3. The molecule has 1 saturated heterocycles. The van der Waals surface area contributed by atoms with Gasteiger partial charge in [0.1, 0.15) is 0 Å². The largest absolute Gasteiger partial charge is 0.382 e. The Labute approximate surface area is 206 Å². The zero-order valence-electron chi connectivity index (χ0n) is 20.3. The van der Waals surface area contributed by atoms with Crippen LogP contribution >= 0.6 is 0 Å². The predicted octanol–water partition coefficient (Wildman–Crippen LogP) is 5.63. The molecule has 3 amide bonds. The number of nitrogens with one attached hydrogen (secondary N) is 3. The van der Waals surface area contributed by atoms with Crippen LogP contribution < -0.4 is 20.9 Å². The minimum Gasteiger partial charge on any atom is -0.382 e. The first-order valence-electron chi connectivity index (χ1n) is 12.5. The van der Waals surface area contributed by atoms with E-state index in [4.69, 9.17) is 4.74 Å². The molecular formula is C28H34N4O3. The van der Waals surface area contributed by atoms with E-state index in [1.54, 1.807) is 6.07 Å². The first kappa shape index (κ1) is 24.5. The lowest BCUT2D eigenvalue weighted by Gasteiger charge is -2.30. The van der Waals surface area contributed by atoms with E-state index < -0.39 is 0 Å². The van der Waals surface area contributed by atoms with Crippen LogP contribution in [0.3, 0.4) is 0 Å². The topological polar surface area (TPSA) is 82.7 Å². The fourth-order valence-corrected chi connectivity index (χ4v) is 4.44. The van der Waals surface area contributed by atoms with E-state index in [-0.39, 0.29) is 11.9 Å². The van der Waals surface area contributed by atoms with Crippen molar-refractivity contribution in [3.63, 3.8) is 0 Å². The van der Waals surface area contributed by atoms with Crippen LogP contribution in [0.4, 0.5) is 21.9 Å². The van der Waals surface area contributed by atoms with Crippen molar-refractivity contribution < 1.29 is 14.3 Å². The van der Waals surface area contributed by atoms with Crippen molar-refractivity contribution in [1.29, 1.82) is 0 Å². The number of rotatable bonds is 9.